The van der Waals surface area contributed by atoms with Crippen LogP contribution in [0.3, 0.4) is 0 Å². The summed E-state index contributed by atoms with van der Waals surface area (Å²) in [6.07, 6.45) is 3.92. The van der Waals surface area contributed by atoms with Gasteiger partial charge in [-0.15, -0.1) is 6.58 Å². The lowest BCUT2D eigenvalue weighted by Crippen LogP contribution is -2.18. The molecule has 0 aliphatic heterocycles. The highest BCUT2D eigenvalue weighted by Gasteiger charge is 2.15. The van der Waals surface area contributed by atoms with Crippen LogP contribution >= 0.6 is 11.6 Å². The number of carbonyl (C=O) groups is 1. The Kier molecular flexibility index (Phi) is 8.72. The van der Waals surface area contributed by atoms with E-state index in [1.807, 2.05) is 84.9 Å². The molecule has 0 radical (unpaired) electrons. The number of halogens is 1. The molecule has 0 spiro atoms. The Morgan fingerprint density at radius 1 is 0.976 bits per heavy atom. The van der Waals surface area contributed by atoms with Crippen molar-refractivity contribution in [2.45, 2.75) is 13.0 Å². The number of rotatable bonds is 10. The van der Waals surface area contributed by atoms with E-state index in [1.165, 1.54) is 0 Å². The maximum Gasteiger partial charge on any atom is 0.272 e. The topological polar surface area (TPSA) is 72.8 Å². The summed E-state index contributed by atoms with van der Waals surface area (Å²) >= 11 is 6.31. The normalized spacial score (nSPS) is 11.0. The van der Waals surface area contributed by atoms with Crippen LogP contribution in [0, 0.1) is 0 Å². The number of hydrogen-bond acceptors (Lipinski definition) is 5. The molecule has 0 aliphatic carbocycles. The van der Waals surface area contributed by atoms with Crippen LogP contribution in [0.25, 0.3) is 22.2 Å². The summed E-state index contributed by atoms with van der Waals surface area (Å²) in [5, 5.41) is 5.63. The van der Waals surface area contributed by atoms with Crippen molar-refractivity contribution in [3.8, 4) is 22.8 Å². The zero-order valence-corrected chi connectivity index (χ0v) is 23.3. The summed E-state index contributed by atoms with van der Waals surface area (Å²) in [5.74, 6) is 0.803. The van der Waals surface area contributed by atoms with Crippen LogP contribution in [0.1, 0.15) is 27.0 Å². The van der Waals surface area contributed by atoms with E-state index < -0.39 is 0 Å². The first-order valence-electron chi connectivity index (χ1n) is 13.0. The molecule has 0 bridgehead atoms. The molecular weight excluding hydrogens is 534 g/mol. The molecule has 1 amide bonds. The minimum absolute atomic E-state index is 0.286. The monoisotopic (exact) mass is 561 g/mol. The molecule has 0 aliphatic rings. The van der Waals surface area contributed by atoms with E-state index in [2.05, 4.69) is 17.1 Å². The number of methoxy groups -OCH3 is 1. The fourth-order valence-electron chi connectivity index (χ4n) is 4.49. The minimum Gasteiger partial charge on any atom is -0.493 e. The second-order valence-corrected chi connectivity index (χ2v) is 9.63. The van der Waals surface area contributed by atoms with Crippen LogP contribution in [0.5, 0.6) is 11.5 Å². The van der Waals surface area contributed by atoms with E-state index in [-0.39, 0.29) is 12.5 Å². The lowest BCUT2D eigenvalue weighted by molar-refractivity contribution is 0.0956. The summed E-state index contributed by atoms with van der Waals surface area (Å²) in [7, 11) is 1.58. The number of pyridine rings is 1. The van der Waals surface area contributed by atoms with Crippen LogP contribution < -0.4 is 14.9 Å². The number of hydrogen-bond donors (Lipinski definition) is 1. The highest BCUT2D eigenvalue weighted by atomic mass is 35.5. The van der Waals surface area contributed by atoms with E-state index in [4.69, 9.17) is 26.1 Å². The van der Waals surface area contributed by atoms with Gasteiger partial charge < -0.3 is 9.47 Å². The fourth-order valence-corrected chi connectivity index (χ4v) is 4.68. The first-order chi connectivity index (χ1) is 20.1. The number of allylic oxidation sites excluding steroid dienone is 1. The highest BCUT2D eigenvalue weighted by molar-refractivity contribution is 6.31. The Hall–Kier alpha value is -4.94. The molecule has 6 nitrogen and oxygen atoms in total. The molecule has 0 fully saturated rings. The van der Waals surface area contributed by atoms with Crippen molar-refractivity contribution >= 4 is 34.6 Å². The van der Waals surface area contributed by atoms with Gasteiger partial charge in [0.2, 0.25) is 0 Å². The molecule has 204 valence electrons. The van der Waals surface area contributed by atoms with Crippen molar-refractivity contribution in [1.29, 1.82) is 0 Å². The summed E-state index contributed by atoms with van der Waals surface area (Å²) < 4.78 is 11.8. The van der Waals surface area contributed by atoms with Crippen molar-refractivity contribution in [3.05, 3.63) is 137 Å². The van der Waals surface area contributed by atoms with Crippen molar-refractivity contribution in [2.24, 2.45) is 5.10 Å². The maximum atomic E-state index is 13.3. The molecule has 0 unspecified atom stereocenters. The van der Waals surface area contributed by atoms with Gasteiger partial charge in [-0.3, -0.25) is 4.79 Å². The summed E-state index contributed by atoms with van der Waals surface area (Å²) in [6, 6.07) is 30.4. The second-order valence-electron chi connectivity index (χ2n) is 9.22. The predicted octanol–water partition coefficient (Wildman–Crippen LogP) is 7.64. The molecule has 5 rings (SSSR count). The highest BCUT2D eigenvalue weighted by Crippen LogP contribution is 2.34. The molecule has 0 saturated heterocycles. The number of ether oxygens (including phenoxy) is 2. The first-order valence-corrected chi connectivity index (χ1v) is 13.4. The van der Waals surface area contributed by atoms with Gasteiger partial charge in [-0.25, -0.2) is 10.4 Å². The van der Waals surface area contributed by atoms with Crippen LogP contribution in [0.2, 0.25) is 5.02 Å². The van der Waals surface area contributed by atoms with Crippen molar-refractivity contribution in [3.63, 3.8) is 0 Å². The number of aromatic nitrogens is 1. The standard InChI is InChI=1S/C34H28ClN3O3/c1-3-11-25-18-23(19-32(40-2)33(25)41-22-26-14-7-9-16-29(26)35)21-36-38-34(39)28-20-31(24-12-5-4-6-13-24)37-30-17-10-8-15-27(28)30/h3-10,12-21H,1,11,22H2,2H3,(H,38,39)/b36-21+. The molecule has 1 aromatic heterocycles. The summed E-state index contributed by atoms with van der Waals surface area (Å²) in [5.41, 5.74) is 7.99. The maximum absolute atomic E-state index is 13.3. The second kappa shape index (κ2) is 12.9. The lowest BCUT2D eigenvalue weighted by Gasteiger charge is -2.16. The average molecular weight is 562 g/mol. The third kappa shape index (κ3) is 6.45. The quantitative estimate of drug-likeness (QED) is 0.108. The number of hydrazone groups is 1. The Morgan fingerprint density at radius 3 is 2.51 bits per heavy atom. The molecule has 0 atom stereocenters. The number of para-hydroxylation sites is 1. The summed E-state index contributed by atoms with van der Waals surface area (Å²) in [4.78, 5) is 18.1. The van der Waals surface area contributed by atoms with Crippen molar-refractivity contribution < 1.29 is 14.3 Å². The lowest BCUT2D eigenvalue weighted by atomic mass is 10.0. The van der Waals surface area contributed by atoms with E-state index >= 15 is 0 Å². The van der Waals surface area contributed by atoms with Crippen LogP contribution in [-0.2, 0) is 13.0 Å². The SMILES string of the molecule is C=CCc1cc(/C=N/NC(=O)c2cc(-c3ccccc3)nc3ccccc23)cc(OC)c1OCc1ccccc1Cl. The van der Waals surface area contributed by atoms with E-state index in [0.717, 1.165) is 33.2 Å². The van der Waals surface area contributed by atoms with Gasteiger partial charge in [-0.05, 0) is 42.3 Å². The number of carbonyl (C=O) groups excluding carboxylic acids is 1. The molecular formula is C34H28ClN3O3. The number of benzene rings is 4. The van der Waals surface area contributed by atoms with E-state index in [0.29, 0.717) is 34.2 Å². The molecule has 5 aromatic rings. The van der Waals surface area contributed by atoms with E-state index in [1.54, 1.807) is 31.5 Å². The minimum atomic E-state index is -0.338. The Morgan fingerprint density at radius 2 is 1.73 bits per heavy atom. The van der Waals surface area contributed by atoms with Crippen molar-refractivity contribution in [1.82, 2.24) is 10.4 Å². The van der Waals surface area contributed by atoms with Gasteiger partial charge in [-0.1, -0.05) is 84.4 Å². The van der Waals surface area contributed by atoms with Crippen molar-refractivity contribution in [2.75, 3.05) is 7.11 Å². The number of amides is 1. The van der Waals surface area contributed by atoms with Gasteiger partial charge in [0.1, 0.15) is 6.61 Å². The Balaban J connectivity index is 1.39. The predicted molar refractivity (Wildman–Crippen MR) is 165 cm³/mol. The molecule has 7 heteroatoms. The van der Waals surface area contributed by atoms with Gasteiger partial charge in [-0.2, -0.15) is 5.10 Å². The van der Waals surface area contributed by atoms with Gasteiger partial charge >= 0.3 is 0 Å². The summed E-state index contributed by atoms with van der Waals surface area (Å²) in [6.45, 7) is 4.16. The van der Waals surface area contributed by atoms with Gasteiger partial charge in [0, 0.05) is 27.1 Å². The number of nitrogens with zero attached hydrogens (tertiary/aromatic N) is 2. The van der Waals surface area contributed by atoms with Gasteiger partial charge in [0.15, 0.2) is 11.5 Å². The molecule has 1 N–H and O–H groups in total. The molecule has 4 aromatic carbocycles. The van der Waals surface area contributed by atoms with Gasteiger partial charge in [0.05, 0.1) is 30.1 Å². The largest absolute Gasteiger partial charge is 0.493 e. The van der Waals surface area contributed by atoms with Crippen LogP contribution in [0.4, 0.5) is 0 Å². The molecule has 0 saturated carbocycles. The number of fused-ring (bicyclic) bond motifs is 1. The van der Waals surface area contributed by atoms with Crippen LogP contribution in [-0.4, -0.2) is 24.2 Å². The Labute approximate surface area is 243 Å². The molecule has 1 heterocycles. The first kappa shape index (κ1) is 27.6. The molecule has 41 heavy (non-hydrogen) atoms. The van der Waals surface area contributed by atoms with Crippen LogP contribution in [0.15, 0.2) is 115 Å². The zero-order chi connectivity index (χ0) is 28.6. The number of nitrogens with one attached hydrogen (secondary N) is 1. The smallest absolute Gasteiger partial charge is 0.272 e. The third-order valence-corrected chi connectivity index (χ3v) is 6.85. The van der Waals surface area contributed by atoms with Gasteiger partial charge in [0.25, 0.3) is 5.91 Å². The average Bonchev–Trinajstić information content (AvgIpc) is 3.01. The zero-order valence-electron chi connectivity index (χ0n) is 22.5. The van der Waals surface area contributed by atoms with E-state index in [9.17, 15) is 4.79 Å². The Bertz CT molecular complexity index is 1740. The fraction of sp³-hybridized carbons (Fsp3) is 0.0882. The third-order valence-electron chi connectivity index (χ3n) is 6.48.